The van der Waals surface area contributed by atoms with Crippen LogP contribution in [0.2, 0.25) is 0 Å². The molecule has 2 aromatic carbocycles. The maximum absolute atomic E-state index is 12.3. The van der Waals surface area contributed by atoms with Crippen LogP contribution in [0.5, 0.6) is 0 Å². The minimum atomic E-state index is -0.918. The number of carbonyl (C=O) groups is 2. The summed E-state index contributed by atoms with van der Waals surface area (Å²) in [5, 5.41) is 14.2. The van der Waals surface area contributed by atoms with E-state index >= 15 is 0 Å². The van der Waals surface area contributed by atoms with Crippen molar-refractivity contribution in [3.05, 3.63) is 48.0 Å². The van der Waals surface area contributed by atoms with Crippen LogP contribution >= 0.6 is 0 Å². The van der Waals surface area contributed by atoms with E-state index in [0.717, 1.165) is 22.8 Å². The molecule has 1 aliphatic carbocycles. The highest BCUT2D eigenvalue weighted by Crippen LogP contribution is 2.51. The van der Waals surface area contributed by atoms with Crippen molar-refractivity contribution in [3.8, 4) is 0 Å². The molecular weight excluding hydrogens is 290 g/mol. The lowest BCUT2D eigenvalue weighted by molar-refractivity contribution is -0.137. The van der Waals surface area contributed by atoms with Crippen molar-refractivity contribution in [3.63, 3.8) is 0 Å². The van der Waals surface area contributed by atoms with Gasteiger partial charge >= 0.3 is 5.97 Å². The fourth-order valence-corrected chi connectivity index (χ4v) is 3.04. The summed E-state index contributed by atoms with van der Waals surface area (Å²) in [5.41, 5.74) is 0.860. The van der Waals surface area contributed by atoms with Crippen molar-refractivity contribution < 1.29 is 14.7 Å². The molecule has 2 N–H and O–H groups in total. The fourth-order valence-electron chi connectivity index (χ4n) is 3.04. The standard InChI is InChI=1S/C19H21NO3/c1-19(2)11-15(19)18(23)20-16(10-17(21)22)14-8-7-12-5-3-4-6-13(12)9-14/h3-9,15-16H,10-11H2,1-2H3,(H,20,23)(H,21,22)/t15-,16+/m1/s1. The first kappa shape index (κ1) is 15.5. The molecule has 1 saturated carbocycles. The van der Waals surface area contributed by atoms with E-state index in [9.17, 15) is 14.7 Å². The van der Waals surface area contributed by atoms with Gasteiger partial charge in [-0.1, -0.05) is 50.2 Å². The van der Waals surface area contributed by atoms with Gasteiger partial charge in [-0.3, -0.25) is 9.59 Å². The molecule has 0 unspecified atom stereocenters. The highest BCUT2D eigenvalue weighted by Gasteiger charge is 2.50. The van der Waals surface area contributed by atoms with Gasteiger partial charge in [-0.2, -0.15) is 0 Å². The summed E-state index contributed by atoms with van der Waals surface area (Å²) in [7, 11) is 0. The zero-order chi connectivity index (χ0) is 16.6. The monoisotopic (exact) mass is 311 g/mol. The minimum Gasteiger partial charge on any atom is -0.481 e. The second-order valence-corrected chi connectivity index (χ2v) is 7.01. The Kier molecular flexibility index (Phi) is 3.84. The topological polar surface area (TPSA) is 66.4 Å². The van der Waals surface area contributed by atoms with Gasteiger partial charge in [0.1, 0.15) is 0 Å². The van der Waals surface area contributed by atoms with E-state index in [2.05, 4.69) is 19.2 Å². The van der Waals surface area contributed by atoms with Gasteiger partial charge in [0.25, 0.3) is 0 Å². The number of hydrogen-bond donors (Lipinski definition) is 2. The number of fused-ring (bicyclic) bond motifs is 1. The number of amides is 1. The van der Waals surface area contributed by atoms with Gasteiger partial charge in [-0.25, -0.2) is 0 Å². The minimum absolute atomic E-state index is 0.0146. The Morgan fingerprint density at radius 3 is 2.48 bits per heavy atom. The van der Waals surface area contributed by atoms with Crippen LogP contribution in [0, 0.1) is 11.3 Å². The molecule has 0 aliphatic heterocycles. The van der Waals surface area contributed by atoms with Gasteiger partial charge in [-0.05, 0) is 34.2 Å². The van der Waals surface area contributed by atoms with Crippen LogP contribution in [-0.4, -0.2) is 17.0 Å². The van der Waals surface area contributed by atoms with Crippen LogP contribution in [0.1, 0.15) is 38.3 Å². The molecule has 23 heavy (non-hydrogen) atoms. The van der Waals surface area contributed by atoms with Gasteiger partial charge in [-0.15, -0.1) is 0 Å². The second kappa shape index (κ2) is 5.69. The molecule has 0 spiro atoms. The van der Waals surface area contributed by atoms with Crippen molar-refractivity contribution in [1.29, 1.82) is 0 Å². The van der Waals surface area contributed by atoms with Crippen LogP contribution in [-0.2, 0) is 9.59 Å². The van der Waals surface area contributed by atoms with Gasteiger partial charge in [0.2, 0.25) is 5.91 Å². The third-order valence-corrected chi connectivity index (χ3v) is 4.70. The third kappa shape index (κ3) is 3.36. The summed E-state index contributed by atoms with van der Waals surface area (Å²) < 4.78 is 0. The summed E-state index contributed by atoms with van der Waals surface area (Å²) in [6.07, 6.45) is 0.744. The summed E-state index contributed by atoms with van der Waals surface area (Å²) in [6, 6.07) is 13.2. The number of carboxylic acid groups (broad SMARTS) is 1. The maximum Gasteiger partial charge on any atom is 0.305 e. The molecular formula is C19H21NO3. The van der Waals surface area contributed by atoms with Crippen LogP contribution in [0.3, 0.4) is 0 Å². The number of benzene rings is 2. The molecule has 0 radical (unpaired) electrons. The lowest BCUT2D eigenvalue weighted by Gasteiger charge is -2.18. The summed E-state index contributed by atoms with van der Waals surface area (Å²) >= 11 is 0. The Bertz CT molecular complexity index is 766. The van der Waals surface area contributed by atoms with E-state index in [1.807, 2.05) is 42.5 Å². The number of nitrogens with one attached hydrogen (secondary N) is 1. The van der Waals surface area contributed by atoms with Crippen molar-refractivity contribution in [1.82, 2.24) is 5.32 Å². The number of hydrogen-bond acceptors (Lipinski definition) is 2. The summed E-state index contributed by atoms with van der Waals surface area (Å²) in [6.45, 7) is 4.11. The van der Waals surface area contributed by atoms with E-state index in [0.29, 0.717) is 0 Å². The van der Waals surface area contributed by atoms with Crippen LogP contribution in [0.25, 0.3) is 10.8 Å². The van der Waals surface area contributed by atoms with E-state index in [1.54, 1.807) is 0 Å². The molecule has 1 fully saturated rings. The quantitative estimate of drug-likeness (QED) is 0.888. The highest BCUT2D eigenvalue weighted by molar-refractivity contribution is 5.85. The lowest BCUT2D eigenvalue weighted by atomic mass is 9.99. The molecule has 4 nitrogen and oxygen atoms in total. The molecule has 1 aliphatic rings. The average Bonchev–Trinajstić information content (AvgIpc) is 3.14. The van der Waals surface area contributed by atoms with Crippen molar-refractivity contribution >= 4 is 22.6 Å². The number of carbonyl (C=O) groups excluding carboxylic acids is 1. The number of carboxylic acids is 1. The van der Waals surface area contributed by atoms with Crippen molar-refractivity contribution in [2.45, 2.75) is 32.7 Å². The molecule has 0 saturated heterocycles. The third-order valence-electron chi connectivity index (χ3n) is 4.70. The Morgan fingerprint density at radius 2 is 1.87 bits per heavy atom. The predicted octanol–water partition coefficient (Wildman–Crippen LogP) is 3.52. The Hall–Kier alpha value is -2.36. The van der Waals surface area contributed by atoms with Gasteiger partial charge < -0.3 is 10.4 Å². The van der Waals surface area contributed by atoms with Gasteiger partial charge in [0.15, 0.2) is 0 Å². The first-order valence-electron chi connectivity index (χ1n) is 7.88. The van der Waals surface area contributed by atoms with E-state index < -0.39 is 12.0 Å². The molecule has 2 atom stereocenters. The largest absolute Gasteiger partial charge is 0.481 e. The molecule has 0 bridgehead atoms. The summed E-state index contributed by atoms with van der Waals surface area (Å²) in [4.78, 5) is 23.5. The first-order valence-corrected chi connectivity index (χ1v) is 7.88. The van der Waals surface area contributed by atoms with E-state index in [-0.39, 0.29) is 23.7 Å². The maximum atomic E-state index is 12.3. The predicted molar refractivity (Wildman–Crippen MR) is 89.0 cm³/mol. The fraction of sp³-hybridized carbons (Fsp3) is 0.368. The molecule has 0 heterocycles. The SMILES string of the molecule is CC1(C)C[C@@H]1C(=O)N[C@@H](CC(=O)O)c1ccc2ccccc2c1. The Labute approximate surface area is 135 Å². The molecule has 120 valence electrons. The molecule has 4 heteroatoms. The molecule has 1 amide bonds. The van der Waals surface area contributed by atoms with Gasteiger partial charge in [0, 0.05) is 5.92 Å². The van der Waals surface area contributed by atoms with Crippen LogP contribution in [0.4, 0.5) is 0 Å². The van der Waals surface area contributed by atoms with Crippen molar-refractivity contribution in [2.24, 2.45) is 11.3 Å². The molecule has 3 rings (SSSR count). The van der Waals surface area contributed by atoms with Gasteiger partial charge in [0.05, 0.1) is 12.5 Å². The van der Waals surface area contributed by atoms with Crippen LogP contribution < -0.4 is 5.32 Å². The highest BCUT2D eigenvalue weighted by atomic mass is 16.4. The smallest absolute Gasteiger partial charge is 0.305 e. The molecule has 0 aromatic heterocycles. The zero-order valence-corrected chi connectivity index (χ0v) is 13.4. The zero-order valence-electron chi connectivity index (χ0n) is 13.4. The number of rotatable bonds is 5. The Morgan fingerprint density at radius 1 is 1.22 bits per heavy atom. The number of aliphatic carboxylic acids is 1. The first-order chi connectivity index (χ1) is 10.9. The van der Waals surface area contributed by atoms with E-state index in [4.69, 9.17) is 0 Å². The normalized spacial score (nSPS) is 20.0. The lowest BCUT2D eigenvalue weighted by Crippen LogP contribution is -2.32. The van der Waals surface area contributed by atoms with Crippen LogP contribution in [0.15, 0.2) is 42.5 Å². The molecule has 2 aromatic rings. The van der Waals surface area contributed by atoms with E-state index in [1.165, 1.54) is 0 Å². The summed E-state index contributed by atoms with van der Waals surface area (Å²) in [5.74, 6) is -0.979. The van der Waals surface area contributed by atoms with Crippen molar-refractivity contribution in [2.75, 3.05) is 0 Å². The second-order valence-electron chi connectivity index (χ2n) is 7.01. The Balaban J connectivity index is 1.85. The average molecular weight is 311 g/mol.